The van der Waals surface area contributed by atoms with Gasteiger partial charge in [0.25, 0.3) is 5.56 Å². The maximum absolute atomic E-state index is 12.5. The molecule has 0 unspecified atom stereocenters. The number of aryl methyl sites for hydroxylation is 2. The fourth-order valence-electron chi connectivity index (χ4n) is 4.05. The number of aromatic nitrogens is 4. The predicted molar refractivity (Wildman–Crippen MR) is 104 cm³/mol. The van der Waals surface area contributed by atoms with E-state index in [-0.39, 0.29) is 5.56 Å². The lowest BCUT2D eigenvalue weighted by molar-refractivity contribution is 0.424. The maximum atomic E-state index is 12.5. The van der Waals surface area contributed by atoms with Crippen LogP contribution in [0.5, 0.6) is 0 Å². The third-order valence-electron chi connectivity index (χ3n) is 5.96. The first-order valence-electron chi connectivity index (χ1n) is 10.2. The maximum Gasteiger partial charge on any atom is 0.293 e. The topological polar surface area (TPSA) is 75.9 Å². The van der Waals surface area contributed by atoms with Crippen LogP contribution in [0.25, 0.3) is 0 Å². The highest BCUT2D eigenvalue weighted by Crippen LogP contribution is 2.30. The summed E-state index contributed by atoms with van der Waals surface area (Å²) in [6, 6.07) is 2.22. The summed E-state index contributed by atoms with van der Waals surface area (Å²) in [7, 11) is 0. The molecule has 3 heterocycles. The molecular formula is C20H26N6O. The average molecular weight is 366 g/mol. The van der Waals surface area contributed by atoms with Crippen molar-refractivity contribution in [3.63, 3.8) is 0 Å². The van der Waals surface area contributed by atoms with E-state index in [1.807, 2.05) is 0 Å². The number of nitrogens with zero attached hydrogens (tertiary/aromatic N) is 5. The van der Waals surface area contributed by atoms with Crippen molar-refractivity contribution in [3.8, 4) is 0 Å². The van der Waals surface area contributed by atoms with Crippen LogP contribution in [0.1, 0.15) is 36.9 Å². The first kappa shape index (κ1) is 16.7. The van der Waals surface area contributed by atoms with E-state index in [0.717, 1.165) is 44.8 Å². The van der Waals surface area contributed by atoms with Crippen LogP contribution in [0.2, 0.25) is 0 Å². The first-order chi connectivity index (χ1) is 13.3. The van der Waals surface area contributed by atoms with E-state index in [9.17, 15) is 4.79 Å². The average Bonchev–Trinajstić information content (AvgIpc) is 3.47. The Hall–Kier alpha value is -2.44. The van der Waals surface area contributed by atoms with E-state index >= 15 is 0 Å². The molecule has 5 rings (SSSR count). The van der Waals surface area contributed by atoms with Crippen molar-refractivity contribution in [3.05, 3.63) is 40.1 Å². The van der Waals surface area contributed by atoms with Crippen LogP contribution < -0.4 is 15.8 Å². The largest absolute Gasteiger partial charge is 0.365 e. The van der Waals surface area contributed by atoms with Crippen molar-refractivity contribution in [1.29, 1.82) is 0 Å². The molecule has 3 aliphatic rings. The minimum Gasteiger partial charge on any atom is -0.365 e. The van der Waals surface area contributed by atoms with Gasteiger partial charge in [0.15, 0.2) is 11.6 Å². The summed E-state index contributed by atoms with van der Waals surface area (Å²) >= 11 is 0. The van der Waals surface area contributed by atoms with Crippen LogP contribution in [0.15, 0.2) is 23.3 Å². The van der Waals surface area contributed by atoms with E-state index in [1.54, 1.807) is 17.0 Å². The zero-order valence-electron chi connectivity index (χ0n) is 15.6. The molecule has 0 amide bonds. The second-order valence-electron chi connectivity index (χ2n) is 8.21. The fourth-order valence-corrected chi connectivity index (χ4v) is 4.05. The summed E-state index contributed by atoms with van der Waals surface area (Å²) in [5.41, 5.74) is 2.56. The zero-order chi connectivity index (χ0) is 18.2. The molecule has 0 aromatic carbocycles. The molecule has 1 saturated carbocycles. The van der Waals surface area contributed by atoms with Gasteiger partial charge < -0.3 is 14.8 Å². The molecule has 1 aliphatic heterocycles. The normalized spacial score (nSPS) is 19.5. The summed E-state index contributed by atoms with van der Waals surface area (Å²) < 4.78 is 1.79. The minimum absolute atomic E-state index is 0.00105. The Morgan fingerprint density at radius 3 is 2.81 bits per heavy atom. The second kappa shape index (κ2) is 6.94. The molecule has 2 aromatic heterocycles. The number of anilines is 2. The first-order valence-corrected chi connectivity index (χ1v) is 10.2. The summed E-state index contributed by atoms with van der Waals surface area (Å²) in [4.78, 5) is 19.0. The Kier molecular flexibility index (Phi) is 4.30. The van der Waals surface area contributed by atoms with Gasteiger partial charge in [-0.2, -0.15) is 5.10 Å². The van der Waals surface area contributed by atoms with Crippen LogP contribution in [-0.4, -0.2) is 39.4 Å². The Morgan fingerprint density at radius 2 is 1.96 bits per heavy atom. The van der Waals surface area contributed by atoms with Gasteiger partial charge in [0.05, 0.1) is 5.69 Å². The van der Waals surface area contributed by atoms with Crippen molar-refractivity contribution in [2.45, 2.75) is 45.1 Å². The monoisotopic (exact) mass is 366 g/mol. The van der Waals surface area contributed by atoms with Gasteiger partial charge >= 0.3 is 0 Å². The van der Waals surface area contributed by atoms with Gasteiger partial charge in [-0.05, 0) is 56.1 Å². The molecule has 0 radical (unpaired) electrons. The molecule has 2 aliphatic carbocycles. The number of rotatable bonds is 6. The highest BCUT2D eigenvalue weighted by molar-refractivity contribution is 5.45. The van der Waals surface area contributed by atoms with Gasteiger partial charge in [0.2, 0.25) is 0 Å². The number of fused-ring (bicyclic) bond motifs is 1. The summed E-state index contributed by atoms with van der Waals surface area (Å²) in [5, 5.41) is 12.1. The molecular weight excluding hydrogens is 340 g/mol. The van der Waals surface area contributed by atoms with Crippen LogP contribution in [0, 0.1) is 11.8 Å². The quantitative estimate of drug-likeness (QED) is 0.841. The smallest absolute Gasteiger partial charge is 0.293 e. The van der Waals surface area contributed by atoms with Gasteiger partial charge in [0, 0.05) is 44.5 Å². The van der Waals surface area contributed by atoms with E-state index in [2.05, 4.69) is 31.5 Å². The highest BCUT2D eigenvalue weighted by atomic mass is 16.1. The molecule has 2 aromatic rings. The van der Waals surface area contributed by atoms with Crippen molar-refractivity contribution < 1.29 is 0 Å². The summed E-state index contributed by atoms with van der Waals surface area (Å²) in [6.07, 6.45) is 10.7. The van der Waals surface area contributed by atoms with Crippen LogP contribution >= 0.6 is 0 Å². The number of hydrogen-bond acceptors (Lipinski definition) is 6. The second-order valence-corrected chi connectivity index (χ2v) is 8.21. The summed E-state index contributed by atoms with van der Waals surface area (Å²) in [6.45, 7) is 3.49. The standard InChI is InChI=1S/C20H26N6O/c27-20-19(21-7-8-25(20)11-14-5-6-14)22-10-15-12-26(13-15)18-9-16-3-1-2-4-17(16)23-24-18/h7-9,14-15H,1-6,10-13H2,(H,21,22). The Labute approximate surface area is 158 Å². The van der Waals surface area contributed by atoms with Crippen LogP contribution in [0.3, 0.4) is 0 Å². The molecule has 142 valence electrons. The van der Waals surface area contributed by atoms with E-state index in [4.69, 9.17) is 0 Å². The predicted octanol–water partition coefficient (Wildman–Crippen LogP) is 1.87. The molecule has 2 fully saturated rings. The number of nitrogens with one attached hydrogen (secondary N) is 1. The summed E-state index contributed by atoms with van der Waals surface area (Å²) in [5.74, 6) is 2.65. The van der Waals surface area contributed by atoms with Crippen LogP contribution in [-0.2, 0) is 19.4 Å². The Balaban J connectivity index is 1.16. The van der Waals surface area contributed by atoms with E-state index < -0.39 is 0 Å². The lowest BCUT2D eigenvalue weighted by atomic mass is 9.95. The van der Waals surface area contributed by atoms with Gasteiger partial charge in [0.1, 0.15) is 0 Å². The lowest BCUT2D eigenvalue weighted by Gasteiger charge is -2.40. The van der Waals surface area contributed by atoms with Gasteiger partial charge in [-0.3, -0.25) is 4.79 Å². The van der Waals surface area contributed by atoms with Crippen LogP contribution in [0.4, 0.5) is 11.6 Å². The zero-order valence-corrected chi connectivity index (χ0v) is 15.6. The third kappa shape index (κ3) is 3.55. The van der Waals surface area contributed by atoms with Crippen molar-refractivity contribution in [2.24, 2.45) is 11.8 Å². The Bertz CT molecular complexity index is 884. The molecule has 0 atom stereocenters. The lowest BCUT2D eigenvalue weighted by Crippen LogP contribution is -2.50. The van der Waals surface area contributed by atoms with Gasteiger partial charge in [-0.15, -0.1) is 5.10 Å². The number of hydrogen-bond donors (Lipinski definition) is 1. The van der Waals surface area contributed by atoms with E-state index in [1.165, 1.54) is 36.9 Å². The Morgan fingerprint density at radius 1 is 1.11 bits per heavy atom. The molecule has 0 bridgehead atoms. The molecule has 0 spiro atoms. The van der Waals surface area contributed by atoms with Crippen molar-refractivity contribution in [2.75, 3.05) is 29.9 Å². The molecule has 27 heavy (non-hydrogen) atoms. The SMILES string of the molecule is O=c1c(NCC2CN(c3cc4c(nn3)CCCC4)C2)nccn1CC1CC1. The van der Waals surface area contributed by atoms with Crippen molar-refractivity contribution >= 4 is 11.6 Å². The molecule has 7 heteroatoms. The van der Waals surface area contributed by atoms with Crippen molar-refractivity contribution in [1.82, 2.24) is 19.7 Å². The highest BCUT2D eigenvalue weighted by Gasteiger charge is 2.29. The van der Waals surface area contributed by atoms with Gasteiger partial charge in [-0.25, -0.2) is 4.98 Å². The molecule has 1 saturated heterocycles. The minimum atomic E-state index is 0.00105. The fraction of sp³-hybridized carbons (Fsp3) is 0.600. The molecule has 1 N–H and O–H groups in total. The third-order valence-corrected chi connectivity index (χ3v) is 5.96. The molecule has 7 nitrogen and oxygen atoms in total. The van der Waals surface area contributed by atoms with E-state index in [0.29, 0.717) is 17.7 Å². The van der Waals surface area contributed by atoms with Gasteiger partial charge in [-0.1, -0.05) is 0 Å².